The molecule has 46 heavy (non-hydrogen) atoms. The molecule has 1 aliphatic heterocycles. The Balaban J connectivity index is 1.12. The summed E-state index contributed by atoms with van der Waals surface area (Å²) in [4.78, 5) is 37.9. The third-order valence-electron chi connectivity index (χ3n) is 8.24. The molecule has 0 aliphatic carbocycles. The molecule has 0 bridgehead atoms. The Hall–Kier alpha value is -4.43. The molecule has 1 fully saturated rings. The number of ether oxygens (including phenoxy) is 1. The molecule has 2 aromatic heterocycles. The highest BCUT2D eigenvalue weighted by molar-refractivity contribution is 6.06. The molecule has 5 rings (SSSR count). The van der Waals surface area contributed by atoms with Gasteiger partial charge in [0.2, 0.25) is 0 Å². The number of aryl methyl sites for hydroxylation is 1. The number of aliphatic hydroxyl groups is 2. The van der Waals surface area contributed by atoms with Crippen LogP contribution in [-0.2, 0) is 11.2 Å². The third-order valence-corrected chi connectivity index (χ3v) is 8.24. The van der Waals surface area contributed by atoms with Gasteiger partial charge in [0.1, 0.15) is 18.5 Å². The molecule has 244 valence electrons. The predicted molar refractivity (Wildman–Crippen MR) is 174 cm³/mol. The van der Waals surface area contributed by atoms with Crippen LogP contribution < -0.4 is 21.7 Å². The van der Waals surface area contributed by atoms with E-state index in [-0.39, 0.29) is 23.7 Å². The second-order valence-corrected chi connectivity index (χ2v) is 11.6. The number of carbonyl (C=O) groups is 2. The number of fused-ring (bicyclic) bond motifs is 1. The van der Waals surface area contributed by atoms with E-state index in [1.165, 1.54) is 22.8 Å². The summed E-state index contributed by atoms with van der Waals surface area (Å²) >= 11 is 0. The van der Waals surface area contributed by atoms with Crippen LogP contribution in [0, 0.1) is 5.92 Å². The lowest BCUT2D eigenvalue weighted by atomic mass is 9.93. The van der Waals surface area contributed by atoms with Crippen LogP contribution in [0.4, 0.5) is 16.3 Å². The van der Waals surface area contributed by atoms with E-state index in [1.807, 2.05) is 30.3 Å². The van der Waals surface area contributed by atoms with E-state index in [1.54, 1.807) is 24.3 Å². The molecule has 0 radical (unpaired) electrons. The van der Waals surface area contributed by atoms with Crippen LogP contribution in [-0.4, -0.2) is 73.1 Å². The maximum atomic E-state index is 12.7. The van der Waals surface area contributed by atoms with Gasteiger partial charge in [-0.1, -0.05) is 43.7 Å². The molecule has 0 saturated carbocycles. The number of hydrogen-bond donors (Lipinski definition) is 6. The molecule has 3 heterocycles. The first kappa shape index (κ1) is 32.9. The fourth-order valence-corrected chi connectivity index (χ4v) is 5.62. The van der Waals surface area contributed by atoms with E-state index in [9.17, 15) is 19.8 Å². The predicted octanol–water partition coefficient (Wildman–Crippen LogP) is 3.61. The van der Waals surface area contributed by atoms with Gasteiger partial charge in [0.15, 0.2) is 23.2 Å². The maximum Gasteiger partial charge on any atom is 0.319 e. The number of anilines is 2. The second-order valence-electron chi connectivity index (χ2n) is 11.6. The largest absolute Gasteiger partial charge is 0.388 e. The zero-order valence-electron chi connectivity index (χ0n) is 25.9. The number of benzene rings is 2. The van der Waals surface area contributed by atoms with Gasteiger partial charge < -0.3 is 36.6 Å². The second kappa shape index (κ2) is 15.7. The summed E-state index contributed by atoms with van der Waals surface area (Å²) in [5.74, 6) is -0.139. The first-order valence-corrected chi connectivity index (χ1v) is 15.8. The Labute approximate surface area is 267 Å². The lowest BCUT2D eigenvalue weighted by Gasteiger charge is -2.21. The first-order chi connectivity index (χ1) is 22.4. The Morgan fingerprint density at radius 2 is 1.78 bits per heavy atom. The van der Waals surface area contributed by atoms with Crippen molar-refractivity contribution in [2.24, 2.45) is 11.7 Å². The van der Waals surface area contributed by atoms with Crippen LogP contribution in [0.1, 0.15) is 61.2 Å². The van der Waals surface area contributed by atoms with Gasteiger partial charge >= 0.3 is 6.03 Å². The molecule has 2 aromatic carbocycles. The minimum Gasteiger partial charge on any atom is -0.388 e. The van der Waals surface area contributed by atoms with Crippen LogP contribution >= 0.6 is 0 Å². The van der Waals surface area contributed by atoms with Gasteiger partial charge in [-0.05, 0) is 74.4 Å². The number of nitrogens with zero attached hydrogens (tertiary/aromatic N) is 4. The molecular formula is C33H42N8O5. The maximum absolute atomic E-state index is 12.7. The van der Waals surface area contributed by atoms with Crippen molar-refractivity contribution < 1.29 is 24.5 Å². The van der Waals surface area contributed by atoms with Gasteiger partial charge in [-0.2, -0.15) is 0 Å². The van der Waals surface area contributed by atoms with Crippen molar-refractivity contribution in [3.05, 3.63) is 78.4 Å². The van der Waals surface area contributed by atoms with E-state index in [2.05, 4.69) is 37.8 Å². The number of aromatic nitrogens is 4. The lowest BCUT2D eigenvalue weighted by molar-refractivity contribution is -0.0413. The van der Waals surface area contributed by atoms with E-state index in [4.69, 9.17) is 10.5 Å². The number of nitrogens with two attached hydrogens (primary N) is 1. The minimum atomic E-state index is -1.25. The van der Waals surface area contributed by atoms with Gasteiger partial charge in [0.05, 0.1) is 12.4 Å². The number of unbranched alkanes of at least 4 members (excludes halogenated alkanes) is 1. The molecule has 0 spiro atoms. The molecule has 13 nitrogen and oxygen atoms in total. The molecule has 13 heteroatoms. The van der Waals surface area contributed by atoms with Crippen molar-refractivity contribution >= 4 is 34.6 Å². The number of rotatable bonds is 14. The molecule has 5 atom stereocenters. The van der Waals surface area contributed by atoms with Gasteiger partial charge in [-0.15, -0.1) is 0 Å². The molecule has 1 unspecified atom stereocenters. The van der Waals surface area contributed by atoms with Crippen LogP contribution in [0.25, 0.3) is 11.2 Å². The van der Waals surface area contributed by atoms with Crippen molar-refractivity contribution in [2.45, 2.75) is 70.0 Å². The number of amides is 3. The van der Waals surface area contributed by atoms with Crippen LogP contribution in [0.3, 0.4) is 0 Å². The van der Waals surface area contributed by atoms with Crippen molar-refractivity contribution in [1.29, 1.82) is 0 Å². The topological polar surface area (TPSA) is 190 Å². The Kier molecular flexibility index (Phi) is 11.3. The van der Waals surface area contributed by atoms with Gasteiger partial charge in [-0.3, -0.25) is 9.36 Å². The number of nitrogens with one attached hydrogen (secondary N) is 3. The monoisotopic (exact) mass is 630 g/mol. The van der Waals surface area contributed by atoms with Crippen molar-refractivity contribution in [3.63, 3.8) is 0 Å². The quantitative estimate of drug-likeness (QED) is 0.113. The number of imidazole rings is 1. The smallest absolute Gasteiger partial charge is 0.319 e. The summed E-state index contributed by atoms with van der Waals surface area (Å²) in [5.41, 5.74) is 9.16. The Morgan fingerprint density at radius 1 is 1.00 bits per heavy atom. The third kappa shape index (κ3) is 8.04. The first-order valence-electron chi connectivity index (χ1n) is 15.8. The van der Waals surface area contributed by atoms with E-state index >= 15 is 0 Å². The molecule has 3 amide bonds. The number of urea groups is 1. The van der Waals surface area contributed by atoms with Crippen LogP contribution in [0.2, 0.25) is 0 Å². The molecule has 4 aromatic rings. The van der Waals surface area contributed by atoms with E-state index in [0.29, 0.717) is 49.1 Å². The summed E-state index contributed by atoms with van der Waals surface area (Å²) in [6, 6.07) is 16.3. The molecule has 1 saturated heterocycles. The number of hydrogen-bond acceptors (Lipinski definition) is 9. The minimum absolute atomic E-state index is 0.00668. The fourth-order valence-electron chi connectivity index (χ4n) is 5.62. The summed E-state index contributed by atoms with van der Waals surface area (Å²) in [5, 5.41) is 30.3. The highest BCUT2D eigenvalue weighted by Gasteiger charge is 2.44. The van der Waals surface area contributed by atoms with E-state index in [0.717, 1.165) is 24.9 Å². The standard InChI is InChI=1S/C33H42N8O5/c1-2-3-8-21-12-14-24(15-13-21)39-33(45)35-16-7-9-22(18-34)17-25-27(42)28(43)32(46-25)41-20-38-26-29(36-19-37-30(26)41)40-31(44)23-10-5-4-6-11-23/h4-6,10-15,19-20,22,25,27-28,32,42-43H,2-3,7-9,16-18,34H2,1H3,(H2,35,39,45)(H,36,37,40,44)/t22-,25+,27?,28-,32+/m0/s1. The van der Waals surface area contributed by atoms with Gasteiger partial charge in [-0.25, -0.2) is 19.7 Å². The van der Waals surface area contributed by atoms with Crippen molar-refractivity contribution in [1.82, 2.24) is 24.8 Å². The number of carbonyl (C=O) groups excluding carboxylic acids is 2. The van der Waals surface area contributed by atoms with E-state index < -0.39 is 24.5 Å². The Morgan fingerprint density at radius 3 is 2.52 bits per heavy atom. The highest BCUT2D eigenvalue weighted by atomic mass is 16.6. The summed E-state index contributed by atoms with van der Waals surface area (Å²) in [6.07, 6.45) is 3.80. The number of aliphatic hydroxyl groups excluding tert-OH is 2. The van der Waals surface area contributed by atoms with Gasteiger partial charge in [0, 0.05) is 17.8 Å². The molecule has 1 aliphatic rings. The van der Waals surface area contributed by atoms with Gasteiger partial charge in [0.25, 0.3) is 5.91 Å². The average Bonchev–Trinajstić information content (AvgIpc) is 3.63. The average molecular weight is 631 g/mol. The summed E-state index contributed by atoms with van der Waals surface area (Å²) in [6.45, 7) is 2.98. The zero-order chi connectivity index (χ0) is 32.5. The van der Waals surface area contributed by atoms with Crippen LogP contribution in [0.5, 0.6) is 0 Å². The van der Waals surface area contributed by atoms with Crippen molar-refractivity contribution in [3.8, 4) is 0 Å². The SMILES string of the molecule is CCCCc1ccc(NC(=O)NCCC[C@H](CN)C[C@H]2O[C@@H](n3cnc4c(NC(=O)c5ccccc5)ncnc43)[C@@H](O)C2O)cc1. The van der Waals surface area contributed by atoms with Crippen molar-refractivity contribution in [2.75, 3.05) is 23.7 Å². The Bertz CT molecular complexity index is 1580. The molecule has 7 N–H and O–H groups in total. The molecular weight excluding hydrogens is 588 g/mol. The highest BCUT2D eigenvalue weighted by Crippen LogP contribution is 2.35. The zero-order valence-corrected chi connectivity index (χ0v) is 25.9. The fraction of sp³-hybridized carbons (Fsp3) is 0.424. The normalized spacial score (nSPS) is 20.0. The van der Waals surface area contributed by atoms with Crippen LogP contribution in [0.15, 0.2) is 67.3 Å². The summed E-state index contributed by atoms with van der Waals surface area (Å²) < 4.78 is 7.67. The summed E-state index contributed by atoms with van der Waals surface area (Å²) in [7, 11) is 0. The lowest BCUT2D eigenvalue weighted by Crippen LogP contribution is -2.34.